The van der Waals surface area contributed by atoms with E-state index < -0.39 is 15.9 Å². The minimum Gasteiger partial charge on any atom is -0.496 e. The van der Waals surface area contributed by atoms with Crippen LogP contribution >= 0.6 is 0 Å². The zero-order chi connectivity index (χ0) is 21.4. The molecule has 9 heteroatoms. The Labute approximate surface area is 171 Å². The van der Waals surface area contributed by atoms with Crippen molar-refractivity contribution in [2.75, 3.05) is 27.9 Å². The van der Waals surface area contributed by atoms with Crippen LogP contribution in [0.1, 0.15) is 29.3 Å². The van der Waals surface area contributed by atoms with E-state index in [0.717, 1.165) is 0 Å². The predicted octanol–water partition coefficient (Wildman–Crippen LogP) is 2.33. The molecule has 0 atom stereocenters. The Morgan fingerprint density at radius 1 is 0.966 bits per heavy atom. The number of nitrogens with one attached hydrogen (secondary N) is 2. The number of benzene rings is 2. The van der Waals surface area contributed by atoms with Gasteiger partial charge >= 0.3 is 0 Å². The quantitative estimate of drug-likeness (QED) is 0.609. The number of carbonyl (C=O) groups is 1. The van der Waals surface area contributed by atoms with Crippen LogP contribution in [0.5, 0.6) is 17.2 Å². The largest absolute Gasteiger partial charge is 0.496 e. The van der Waals surface area contributed by atoms with E-state index in [1.54, 1.807) is 18.2 Å². The van der Waals surface area contributed by atoms with E-state index in [9.17, 15) is 13.2 Å². The molecule has 0 radical (unpaired) electrons. The fourth-order valence-corrected chi connectivity index (χ4v) is 4.04. The third-order valence-corrected chi connectivity index (χ3v) is 5.70. The van der Waals surface area contributed by atoms with E-state index in [0.29, 0.717) is 23.5 Å². The summed E-state index contributed by atoms with van der Waals surface area (Å²) >= 11 is 0. The highest BCUT2D eigenvalue weighted by Crippen LogP contribution is 2.28. The lowest BCUT2D eigenvalue weighted by atomic mass is 10.1. The Bertz CT molecular complexity index is 937. The molecule has 2 aromatic rings. The number of hydrogen-bond acceptors (Lipinski definition) is 6. The van der Waals surface area contributed by atoms with Crippen molar-refractivity contribution in [2.24, 2.45) is 0 Å². The molecule has 8 nitrogen and oxygen atoms in total. The molecule has 29 heavy (non-hydrogen) atoms. The maximum atomic E-state index is 12.7. The molecule has 0 saturated carbocycles. The third kappa shape index (κ3) is 5.39. The Morgan fingerprint density at radius 2 is 1.59 bits per heavy atom. The lowest BCUT2D eigenvalue weighted by Crippen LogP contribution is -2.26. The summed E-state index contributed by atoms with van der Waals surface area (Å²) in [5.41, 5.74) is 0.869. The maximum Gasteiger partial charge on any atom is 0.251 e. The lowest BCUT2D eigenvalue weighted by molar-refractivity contribution is 0.0950. The average molecular weight is 423 g/mol. The van der Waals surface area contributed by atoms with Crippen LogP contribution in [0.25, 0.3) is 0 Å². The molecule has 2 rings (SSSR count). The fourth-order valence-electron chi connectivity index (χ4n) is 2.72. The van der Waals surface area contributed by atoms with Gasteiger partial charge in [-0.25, -0.2) is 13.1 Å². The van der Waals surface area contributed by atoms with Crippen molar-refractivity contribution in [3.63, 3.8) is 0 Å². The number of rotatable bonds is 10. The Kier molecular flexibility index (Phi) is 7.86. The van der Waals surface area contributed by atoms with E-state index in [2.05, 4.69) is 10.0 Å². The van der Waals surface area contributed by atoms with Gasteiger partial charge in [-0.05, 0) is 36.8 Å². The minimum absolute atomic E-state index is 0.0871. The van der Waals surface area contributed by atoms with Crippen molar-refractivity contribution in [3.8, 4) is 17.2 Å². The molecule has 0 aliphatic rings. The lowest BCUT2D eigenvalue weighted by Gasteiger charge is -2.15. The first-order chi connectivity index (χ1) is 13.9. The first-order valence-electron chi connectivity index (χ1n) is 9.03. The van der Waals surface area contributed by atoms with Gasteiger partial charge < -0.3 is 19.5 Å². The molecule has 0 aliphatic carbocycles. The summed E-state index contributed by atoms with van der Waals surface area (Å²) in [6.45, 7) is 2.29. The summed E-state index contributed by atoms with van der Waals surface area (Å²) in [4.78, 5) is 12.6. The smallest absolute Gasteiger partial charge is 0.251 e. The van der Waals surface area contributed by atoms with Crippen LogP contribution in [0.3, 0.4) is 0 Å². The number of ether oxygens (including phenoxy) is 3. The Morgan fingerprint density at radius 3 is 2.14 bits per heavy atom. The molecule has 0 aliphatic heterocycles. The van der Waals surface area contributed by atoms with Crippen molar-refractivity contribution < 1.29 is 27.4 Å². The summed E-state index contributed by atoms with van der Waals surface area (Å²) in [5.74, 6) is 0.877. The van der Waals surface area contributed by atoms with Gasteiger partial charge in [0.15, 0.2) is 0 Å². The fraction of sp³-hybridized carbons (Fsp3) is 0.350. The van der Waals surface area contributed by atoms with E-state index in [1.165, 1.54) is 39.5 Å². The molecule has 0 fully saturated rings. The van der Waals surface area contributed by atoms with Gasteiger partial charge in [-0.2, -0.15) is 0 Å². The highest BCUT2D eigenvalue weighted by Gasteiger charge is 2.21. The summed E-state index contributed by atoms with van der Waals surface area (Å²) in [6.07, 6.45) is 0.641. The number of methoxy groups -OCH3 is 3. The summed E-state index contributed by atoms with van der Waals surface area (Å²) in [6, 6.07) is 9.58. The van der Waals surface area contributed by atoms with E-state index in [4.69, 9.17) is 14.2 Å². The van der Waals surface area contributed by atoms with Crippen LogP contribution in [0.2, 0.25) is 0 Å². The van der Waals surface area contributed by atoms with Crippen LogP contribution in [0, 0.1) is 0 Å². The third-order valence-electron chi connectivity index (χ3n) is 4.21. The van der Waals surface area contributed by atoms with Crippen LogP contribution < -0.4 is 24.2 Å². The zero-order valence-electron chi connectivity index (χ0n) is 16.9. The molecule has 0 bridgehead atoms. The van der Waals surface area contributed by atoms with Crippen molar-refractivity contribution in [1.29, 1.82) is 0 Å². The molecule has 1 amide bonds. The topological polar surface area (TPSA) is 103 Å². The molecule has 0 aromatic heterocycles. The van der Waals surface area contributed by atoms with Crippen LogP contribution in [0.4, 0.5) is 0 Å². The van der Waals surface area contributed by atoms with Crippen molar-refractivity contribution in [2.45, 2.75) is 24.8 Å². The average Bonchev–Trinajstić information content (AvgIpc) is 2.75. The Hall–Kier alpha value is -2.78. The van der Waals surface area contributed by atoms with Crippen LogP contribution in [-0.2, 0) is 16.6 Å². The molecule has 0 unspecified atom stereocenters. The highest BCUT2D eigenvalue weighted by atomic mass is 32.2. The summed E-state index contributed by atoms with van der Waals surface area (Å²) < 4.78 is 43.3. The zero-order valence-corrected chi connectivity index (χ0v) is 17.8. The molecular weight excluding hydrogens is 396 g/mol. The summed E-state index contributed by atoms with van der Waals surface area (Å²) in [5, 5.41) is 2.77. The monoisotopic (exact) mass is 422 g/mol. The standard InChI is InChI=1S/C20H26N2O6S/c1-5-11-22-29(24,25)19-12-14(9-10-18(19)28-4)20(23)21-13-15-16(26-2)7-6-8-17(15)27-3/h6-10,12,22H,5,11,13H2,1-4H3,(H,21,23). The first-order valence-corrected chi connectivity index (χ1v) is 10.5. The highest BCUT2D eigenvalue weighted by molar-refractivity contribution is 7.89. The normalized spacial score (nSPS) is 11.0. The first kappa shape index (κ1) is 22.5. The van der Waals surface area contributed by atoms with Crippen LogP contribution in [-0.4, -0.2) is 42.2 Å². The van der Waals surface area contributed by atoms with Gasteiger partial charge in [-0.15, -0.1) is 0 Å². The SMILES string of the molecule is CCCNS(=O)(=O)c1cc(C(=O)NCc2c(OC)cccc2OC)ccc1OC. The Balaban J connectivity index is 2.28. The van der Waals surface area contributed by atoms with Crippen molar-refractivity contribution >= 4 is 15.9 Å². The molecule has 158 valence electrons. The van der Waals surface area contributed by atoms with Crippen molar-refractivity contribution in [1.82, 2.24) is 10.0 Å². The second-order valence-corrected chi connectivity index (χ2v) is 7.82. The molecular formula is C20H26N2O6S. The second-order valence-electron chi connectivity index (χ2n) is 6.09. The van der Waals surface area contributed by atoms with Gasteiger partial charge in [-0.3, -0.25) is 4.79 Å². The van der Waals surface area contributed by atoms with Gasteiger partial charge in [0, 0.05) is 12.1 Å². The van der Waals surface area contributed by atoms with Gasteiger partial charge in [0.1, 0.15) is 22.1 Å². The predicted molar refractivity (Wildman–Crippen MR) is 109 cm³/mol. The molecule has 0 heterocycles. The number of hydrogen-bond donors (Lipinski definition) is 2. The maximum absolute atomic E-state index is 12.7. The van der Waals surface area contributed by atoms with E-state index >= 15 is 0 Å². The number of amides is 1. The number of sulfonamides is 1. The van der Waals surface area contributed by atoms with E-state index in [-0.39, 0.29) is 29.3 Å². The van der Waals surface area contributed by atoms with Gasteiger partial charge in [0.2, 0.25) is 10.0 Å². The number of carbonyl (C=O) groups excluding carboxylic acids is 1. The molecule has 0 saturated heterocycles. The van der Waals surface area contributed by atoms with Crippen LogP contribution in [0.15, 0.2) is 41.3 Å². The summed E-state index contributed by atoms with van der Waals surface area (Å²) in [7, 11) is 0.636. The van der Waals surface area contributed by atoms with Gasteiger partial charge in [0.25, 0.3) is 5.91 Å². The molecule has 2 aromatic carbocycles. The van der Waals surface area contributed by atoms with Crippen molar-refractivity contribution in [3.05, 3.63) is 47.5 Å². The minimum atomic E-state index is -3.80. The second kappa shape index (κ2) is 10.1. The van der Waals surface area contributed by atoms with Gasteiger partial charge in [0.05, 0.1) is 33.4 Å². The van der Waals surface area contributed by atoms with E-state index in [1.807, 2.05) is 6.92 Å². The molecule has 0 spiro atoms. The molecule has 2 N–H and O–H groups in total. The van der Waals surface area contributed by atoms with Gasteiger partial charge in [-0.1, -0.05) is 13.0 Å².